The molecule has 2 aliphatic heterocycles. The van der Waals surface area contributed by atoms with Gasteiger partial charge in [0.25, 0.3) is 0 Å². The van der Waals surface area contributed by atoms with Crippen molar-refractivity contribution in [3.8, 4) is 6.07 Å². The second-order valence-electron chi connectivity index (χ2n) is 10.6. The minimum Gasteiger partial charge on any atom is -0.309 e. The molecule has 6 nitrogen and oxygen atoms in total. The molecule has 3 heterocycles. The second kappa shape index (κ2) is 9.86. The van der Waals surface area contributed by atoms with Crippen LogP contribution in [-0.2, 0) is 21.5 Å². The van der Waals surface area contributed by atoms with Crippen molar-refractivity contribution in [3.05, 3.63) is 136 Å². The van der Waals surface area contributed by atoms with Crippen molar-refractivity contribution in [1.82, 2.24) is 4.57 Å². The predicted molar refractivity (Wildman–Crippen MR) is 159 cm³/mol. The fourth-order valence-corrected chi connectivity index (χ4v) is 6.81. The highest BCUT2D eigenvalue weighted by molar-refractivity contribution is 6.31. The van der Waals surface area contributed by atoms with Crippen molar-refractivity contribution in [2.45, 2.75) is 31.2 Å². The van der Waals surface area contributed by atoms with Crippen molar-refractivity contribution in [2.24, 2.45) is 0 Å². The van der Waals surface area contributed by atoms with E-state index in [-0.39, 0.29) is 36.0 Å². The molecule has 0 bridgehead atoms. The number of carbonyl (C=O) groups excluding carboxylic acids is 2. The number of nitrogens with zero attached hydrogens (tertiary/aromatic N) is 4. The van der Waals surface area contributed by atoms with Gasteiger partial charge in [-0.1, -0.05) is 48.0 Å². The number of carbonyl (C=O) groups is 2. The molecule has 1 aliphatic carbocycles. The van der Waals surface area contributed by atoms with Crippen LogP contribution in [0.25, 0.3) is 5.82 Å². The zero-order valence-corrected chi connectivity index (χ0v) is 23.2. The molecule has 1 aromatic heterocycles. The van der Waals surface area contributed by atoms with E-state index in [1.54, 1.807) is 29.2 Å². The molecule has 42 heavy (non-hydrogen) atoms. The first-order chi connectivity index (χ1) is 20.4. The maximum Gasteiger partial charge on any atom is 0.248 e. The average molecular weight is 575 g/mol. The summed E-state index contributed by atoms with van der Waals surface area (Å²) in [5.41, 5.74) is 2.16. The van der Waals surface area contributed by atoms with Crippen LogP contribution in [0.2, 0.25) is 5.02 Å². The molecule has 0 saturated carbocycles. The van der Waals surface area contributed by atoms with E-state index in [1.807, 2.05) is 70.4 Å². The third-order valence-electron chi connectivity index (χ3n) is 8.29. The Kier molecular flexibility index (Phi) is 6.10. The van der Waals surface area contributed by atoms with Gasteiger partial charge < -0.3 is 9.47 Å². The summed E-state index contributed by atoms with van der Waals surface area (Å²) < 4.78 is 15.5. The zero-order chi connectivity index (χ0) is 29.0. The summed E-state index contributed by atoms with van der Waals surface area (Å²) in [6.07, 6.45) is 5.08. The van der Waals surface area contributed by atoms with E-state index in [0.29, 0.717) is 51.9 Å². The predicted octanol–water partition coefficient (Wildman–Crippen LogP) is 6.98. The number of nitriles is 1. The highest BCUT2D eigenvalue weighted by atomic mass is 35.5. The lowest BCUT2D eigenvalue weighted by molar-refractivity contribution is -0.124. The highest BCUT2D eigenvalue weighted by Crippen LogP contribution is 2.58. The van der Waals surface area contributed by atoms with Crippen LogP contribution in [0.5, 0.6) is 0 Å². The molecule has 4 aromatic rings. The van der Waals surface area contributed by atoms with E-state index in [9.17, 15) is 14.4 Å². The quantitative estimate of drug-likeness (QED) is 0.263. The van der Waals surface area contributed by atoms with Gasteiger partial charge in [0.1, 0.15) is 23.1 Å². The Hall–Kier alpha value is -4.93. The van der Waals surface area contributed by atoms with E-state index < -0.39 is 5.41 Å². The summed E-state index contributed by atoms with van der Waals surface area (Å²) in [5.74, 6) is -0.424. The van der Waals surface area contributed by atoms with Crippen LogP contribution in [0.3, 0.4) is 0 Å². The zero-order valence-electron chi connectivity index (χ0n) is 22.4. The third kappa shape index (κ3) is 3.69. The number of hydrogen-bond acceptors (Lipinski definition) is 4. The molecule has 0 unspecified atom stereocenters. The lowest BCUT2D eigenvalue weighted by atomic mass is 9.63. The summed E-state index contributed by atoms with van der Waals surface area (Å²) in [6.45, 7) is 0.157. The first kappa shape index (κ1) is 26.0. The number of Topliss-reactive ketones (excluding diaryl/α,β-unsaturated/α-hetero) is 1. The van der Waals surface area contributed by atoms with E-state index in [0.717, 1.165) is 5.56 Å². The second-order valence-corrected chi connectivity index (χ2v) is 11.0. The van der Waals surface area contributed by atoms with Crippen molar-refractivity contribution in [2.75, 3.05) is 9.80 Å². The standard InChI is InChI=1S/C34H24ClFN4O2/c35-23-7-5-8-25(19-23)40-29-11-6-12-30(41)31(29)34(27(20-37)32(40)38-17-3-4-18-38)26-9-1-2-10-28(26)39(33(34)42)21-22-13-15-24(36)16-14-22/h1-5,7-10,13-19H,6,11-12,21H2/t34-/m1/s1. The van der Waals surface area contributed by atoms with Crippen LogP contribution >= 0.6 is 11.6 Å². The van der Waals surface area contributed by atoms with Gasteiger partial charge >= 0.3 is 0 Å². The Morgan fingerprint density at radius 3 is 2.43 bits per heavy atom. The Morgan fingerprint density at radius 1 is 0.929 bits per heavy atom. The summed E-state index contributed by atoms with van der Waals surface area (Å²) in [7, 11) is 0. The summed E-state index contributed by atoms with van der Waals surface area (Å²) in [4.78, 5) is 32.6. The van der Waals surface area contributed by atoms with Gasteiger partial charge in [0, 0.05) is 52.0 Å². The molecule has 7 rings (SSSR count). The smallest absolute Gasteiger partial charge is 0.248 e. The van der Waals surface area contributed by atoms with Crippen LogP contribution in [0.1, 0.15) is 30.4 Å². The molecule has 3 aliphatic rings. The van der Waals surface area contributed by atoms with Crippen LogP contribution in [-0.4, -0.2) is 16.3 Å². The van der Waals surface area contributed by atoms with Gasteiger partial charge in [-0.2, -0.15) is 5.26 Å². The summed E-state index contributed by atoms with van der Waals surface area (Å²) >= 11 is 6.45. The number of hydrogen-bond donors (Lipinski definition) is 0. The number of anilines is 2. The number of rotatable bonds is 4. The van der Waals surface area contributed by atoms with Gasteiger partial charge in [0.2, 0.25) is 5.91 Å². The monoisotopic (exact) mass is 574 g/mol. The number of aromatic nitrogens is 1. The van der Waals surface area contributed by atoms with E-state index in [2.05, 4.69) is 6.07 Å². The first-order valence-corrected chi connectivity index (χ1v) is 14.1. The fraction of sp³-hybridized carbons (Fsp3) is 0.147. The lowest BCUT2D eigenvalue weighted by Gasteiger charge is -2.45. The van der Waals surface area contributed by atoms with Gasteiger partial charge in [0.15, 0.2) is 5.78 Å². The van der Waals surface area contributed by atoms with Gasteiger partial charge in [-0.25, -0.2) is 4.39 Å². The fourth-order valence-electron chi connectivity index (χ4n) is 6.62. The summed E-state index contributed by atoms with van der Waals surface area (Å²) in [5, 5.41) is 11.5. The average Bonchev–Trinajstić information content (AvgIpc) is 3.61. The summed E-state index contributed by atoms with van der Waals surface area (Å²) in [6, 6.07) is 26.7. The first-order valence-electron chi connectivity index (χ1n) is 13.7. The molecule has 0 radical (unpaired) electrons. The van der Waals surface area contributed by atoms with Crippen molar-refractivity contribution in [1.29, 1.82) is 5.26 Å². The maximum absolute atomic E-state index is 15.0. The molecule has 1 atom stereocenters. The van der Waals surface area contributed by atoms with Gasteiger partial charge in [-0.05, 0) is 66.9 Å². The molecule has 1 spiro atoms. The number of fused-ring (bicyclic) bond motifs is 3. The van der Waals surface area contributed by atoms with Crippen LogP contribution < -0.4 is 9.80 Å². The van der Waals surface area contributed by atoms with Crippen molar-refractivity contribution < 1.29 is 14.0 Å². The molecule has 1 amide bonds. The van der Waals surface area contributed by atoms with Crippen LogP contribution in [0, 0.1) is 17.1 Å². The van der Waals surface area contributed by atoms with Crippen molar-refractivity contribution in [3.63, 3.8) is 0 Å². The minimum atomic E-state index is -1.65. The minimum absolute atomic E-state index is 0.157. The van der Waals surface area contributed by atoms with Crippen molar-refractivity contribution >= 4 is 40.5 Å². The molecule has 0 N–H and O–H groups in total. The Bertz CT molecular complexity index is 1870. The normalized spacial score (nSPS) is 19.8. The Labute approximate surface area is 247 Å². The van der Waals surface area contributed by atoms with Gasteiger partial charge in [-0.15, -0.1) is 0 Å². The largest absolute Gasteiger partial charge is 0.309 e. The topological polar surface area (TPSA) is 69.3 Å². The third-order valence-corrected chi connectivity index (χ3v) is 8.52. The van der Waals surface area contributed by atoms with Gasteiger partial charge in [0.05, 0.1) is 12.1 Å². The highest BCUT2D eigenvalue weighted by Gasteiger charge is 2.62. The lowest BCUT2D eigenvalue weighted by Crippen LogP contribution is -2.51. The number of benzene rings is 3. The number of para-hydroxylation sites is 1. The Balaban J connectivity index is 1.56. The molecule has 3 aromatic carbocycles. The number of amides is 1. The molecule has 0 fully saturated rings. The number of allylic oxidation sites excluding steroid dienone is 1. The molecular weight excluding hydrogens is 551 g/mol. The molecular formula is C34H24ClFN4O2. The Morgan fingerprint density at radius 2 is 1.69 bits per heavy atom. The van der Waals surface area contributed by atoms with E-state index in [1.165, 1.54) is 12.1 Å². The maximum atomic E-state index is 15.0. The SMILES string of the molecule is N#CC1=C(n2cccc2)N(c2cccc(Cl)c2)C2=C(C(=O)CCC2)[C@]12C(=O)N(Cc1ccc(F)cc1)c1ccccc12. The van der Waals surface area contributed by atoms with Crippen LogP contribution in [0.15, 0.2) is 114 Å². The molecule has 206 valence electrons. The van der Waals surface area contributed by atoms with Gasteiger partial charge in [-0.3, -0.25) is 14.5 Å². The molecule has 0 saturated heterocycles. The van der Waals surface area contributed by atoms with Crippen LogP contribution in [0.4, 0.5) is 15.8 Å². The number of ketones is 1. The number of halogens is 2. The van der Waals surface area contributed by atoms with E-state index >= 15 is 4.79 Å². The molecule has 8 heteroatoms. The van der Waals surface area contributed by atoms with E-state index in [4.69, 9.17) is 11.6 Å².